The largest absolute Gasteiger partial charge is 0.497 e. The quantitative estimate of drug-likeness (QED) is 0.484. The Balaban J connectivity index is 1.98. The number of nitrogens with zero attached hydrogens (tertiary/aromatic N) is 2. The van der Waals surface area contributed by atoms with Crippen LogP contribution in [0.4, 0.5) is 5.69 Å². The molecule has 0 bridgehead atoms. The zero-order valence-electron chi connectivity index (χ0n) is 21.0. The van der Waals surface area contributed by atoms with E-state index in [9.17, 15) is 18.0 Å². The van der Waals surface area contributed by atoms with Gasteiger partial charge >= 0.3 is 0 Å². The molecule has 0 saturated heterocycles. The molecule has 2 amide bonds. The topological polar surface area (TPSA) is 114 Å². The molecule has 1 heterocycles. The molecule has 10 nitrogen and oxygen atoms in total. The molecule has 0 fully saturated rings. The Morgan fingerprint density at radius 2 is 1.81 bits per heavy atom. The van der Waals surface area contributed by atoms with Crippen molar-refractivity contribution in [2.75, 3.05) is 44.0 Å². The van der Waals surface area contributed by atoms with Crippen molar-refractivity contribution in [2.24, 2.45) is 0 Å². The molecule has 2 aromatic rings. The van der Waals surface area contributed by atoms with E-state index in [0.717, 1.165) is 9.87 Å². The number of methoxy groups -OCH3 is 1. The molecule has 0 radical (unpaired) electrons. The van der Waals surface area contributed by atoms with Gasteiger partial charge in [-0.25, -0.2) is 8.42 Å². The van der Waals surface area contributed by atoms with Gasteiger partial charge < -0.3 is 24.4 Å². The summed E-state index contributed by atoms with van der Waals surface area (Å²) >= 11 is 0. The van der Waals surface area contributed by atoms with Crippen molar-refractivity contribution < 1.29 is 32.2 Å². The summed E-state index contributed by atoms with van der Waals surface area (Å²) in [6.45, 7) is 3.68. The molecule has 0 saturated carbocycles. The SMILES string of the molecule is CCC(C(=O)NC)N(Cc1cccc(OC)c1)C(=O)CN(c1ccc2c(c1)OCCO2)S(=O)(=O)CC. The van der Waals surface area contributed by atoms with Crippen LogP contribution in [0.5, 0.6) is 17.2 Å². The summed E-state index contributed by atoms with van der Waals surface area (Å²) in [6.07, 6.45) is 0.347. The van der Waals surface area contributed by atoms with E-state index in [-0.39, 0.29) is 23.9 Å². The van der Waals surface area contributed by atoms with Gasteiger partial charge in [0.1, 0.15) is 31.5 Å². The summed E-state index contributed by atoms with van der Waals surface area (Å²) in [5, 5.41) is 2.60. The molecule has 196 valence electrons. The highest BCUT2D eigenvalue weighted by molar-refractivity contribution is 7.92. The highest BCUT2D eigenvalue weighted by Crippen LogP contribution is 2.35. The third-order valence-corrected chi connectivity index (χ3v) is 7.65. The zero-order valence-corrected chi connectivity index (χ0v) is 21.8. The minimum absolute atomic E-state index is 0.100. The number of carbonyl (C=O) groups excluding carboxylic acids is 2. The van der Waals surface area contributed by atoms with Gasteiger partial charge in [-0.3, -0.25) is 13.9 Å². The van der Waals surface area contributed by atoms with Crippen LogP contribution in [0.3, 0.4) is 0 Å². The lowest BCUT2D eigenvalue weighted by Gasteiger charge is -2.33. The van der Waals surface area contributed by atoms with Crippen LogP contribution >= 0.6 is 0 Å². The van der Waals surface area contributed by atoms with Gasteiger partial charge in [-0.1, -0.05) is 19.1 Å². The number of hydrogen-bond donors (Lipinski definition) is 1. The first kappa shape index (κ1) is 27.1. The highest BCUT2D eigenvalue weighted by Gasteiger charge is 2.32. The number of anilines is 1. The monoisotopic (exact) mass is 519 g/mol. The van der Waals surface area contributed by atoms with Crippen LogP contribution in [0.1, 0.15) is 25.8 Å². The summed E-state index contributed by atoms with van der Waals surface area (Å²) < 4.78 is 43.7. The second kappa shape index (κ2) is 12.0. The fourth-order valence-corrected chi connectivity index (χ4v) is 5.01. The standard InChI is InChI=1S/C25H33N3O7S/c1-5-21(25(30)26-3)27(16-18-8-7-9-20(14-18)33-4)24(29)17-28(36(31,32)6-2)19-10-11-22-23(15-19)35-13-12-34-22/h7-11,14-15,21H,5-6,12-13,16-17H2,1-4H3,(H,26,30). The number of hydrogen-bond acceptors (Lipinski definition) is 7. The lowest BCUT2D eigenvalue weighted by Crippen LogP contribution is -2.52. The van der Waals surface area contributed by atoms with Gasteiger partial charge in [-0.05, 0) is 43.2 Å². The smallest absolute Gasteiger partial charge is 0.244 e. The average molecular weight is 520 g/mol. The number of amides is 2. The van der Waals surface area contributed by atoms with Crippen molar-refractivity contribution in [2.45, 2.75) is 32.9 Å². The van der Waals surface area contributed by atoms with Crippen molar-refractivity contribution in [3.05, 3.63) is 48.0 Å². The van der Waals surface area contributed by atoms with E-state index in [1.165, 1.54) is 18.9 Å². The maximum absolute atomic E-state index is 13.7. The number of ether oxygens (including phenoxy) is 3. The Kier molecular flexibility index (Phi) is 9.03. The molecule has 0 aliphatic carbocycles. The minimum atomic E-state index is -3.84. The van der Waals surface area contributed by atoms with Crippen LogP contribution in [0.2, 0.25) is 0 Å². The number of sulfonamides is 1. The number of carbonyl (C=O) groups is 2. The van der Waals surface area contributed by atoms with Crippen molar-refractivity contribution in [1.29, 1.82) is 0 Å². The van der Waals surface area contributed by atoms with Gasteiger partial charge in [0, 0.05) is 19.7 Å². The van der Waals surface area contributed by atoms with Crippen LogP contribution in [-0.4, -0.2) is 70.8 Å². The van der Waals surface area contributed by atoms with Crippen molar-refractivity contribution >= 4 is 27.5 Å². The van der Waals surface area contributed by atoms with Crippen molar-refractivity contribution in [3.8, 4) is 17.2 Å². The van der Waals surface area contributed by atoms with Gasteiger partial charge in [0.25, 0.3) is 0 Å². The van der Waals surface area contributed by atoms with Gasteiger partial charge in [0.2, 0.25) is 21.8 Å². The van der Waals surface area contributed by atoms with Crippen LogP contribution in [-0.2, 0) is 26.2 Å². The summed E-state index contributed by atoms with van der Waals surface area (Å²) in [5.41, 5.74) is 1.03. The number of likely N-dealkylation sites (N-methyl/N-ethyl adjacent to an activating group) is 1. The first-order valence-electron chi connectivity index (χ1n) is 11.8. The number of benzene rings is 2. The molecule has 3 rings (SSSR count). The lowest BCUT2D eigenvalue weighted by atomic mass is 10.1. The predicted molar refractivity (Wildman–Crippen MR) is 136 cm³/mol. The fourth-order valence-electron chi connectivity index (χ4n) is 3.96. The Morgan fingerprint density at radius 3 is 2.44 bits per heavy atom. The third kappa shape index (κ3) is 6.20. The van der Waals surface area contributed by atoms with Crippen molar-refractivity contribution in [1.82, 2.24) is 10.2 Å². The van der Waals surface area contributed by atoms with E-state index in [1.807, 2.05) is 6.07 Å². The normalized spacial score (nSPS) is 13.4. The molecule has 1 unspecified atom stereocenters. The molecular formula is C25H33N3O7S. The van der Waals surface area contributed by atoms with Crippen LogP contribution < -0.4 is 23.8 Å². The van der Waals surface area contributed by atoms with Gasteiger partial charge in [0.05, 0.1) is 18.6 Å². The molecule has 36 heavy (non-hydrogen) atoms. The molecule has 0 aromatic heterocycles. The Bertz CT molecular complexity index is 1190. The molecule has 11 heteroatoms. The summed E-state index contributed by atoms with van der Waals surface area (Å²) in [4.78, 5) is 27.8. The lowest BCUT2D eigenvalue weighted by molar-refractivity contribution is -0.140. The molecule has 0 spiro atoms. The van der Waals surface area contributed by atoms with E-state index in [2.05, 4.69) is 5.32 Å². The minimum Gasteiger partial charge on any atom is -0.497 e. The van der Waals surface area contributed by atoms with E-state index in [4.69, 9.17) is 14.2 Å². The second-order valence-corrected chi connectivity index (χ2v) is 10.3. The van der Waals surface area contributed by atoms with Crippen LogP contribution in [0.25, 0.3) is 0 Å². The van der Waals surface area contributed by atoms with E-state index in [0.29, 0.717) is 36.9 Å². The van der Waals surface area contributed by atoms with Gasteiger partial charge in [0.15, 0.2) is 11.5 Å². The van der Waals surface area contributed by atoms with Gasteiger partial charge in [-0.2, -0.15) is 0 Å². The highest BCUT2D eigenvalue weighted by atomic mass is 32.2. The maximum atomic E-state index is 13.7. The first-order valence-corrected chi connectivity index (χ1v) is 13.4. The third-order valence-electron chi connectivity index (χ3n) is 5.91. The summed E-state index contributed by atoms with van der Waals surface area (Å²) in [7, 11) is -0.795. The van der Waals surface area contributed by atoms with Crippen molar-refractivity contribution in [3.63, 3.8) is 0 Å². The van der Waals surface area contributed by atoms with E-state index in [1.54, 1.807) is 50.4 Å². The molecule has 1 atom stereocenters. The Morgan fingerprint density at radius 1 is 1.08 bits per heavy atom. The zero-order chi connectivity index (χ0) is 26.3. The van der Waals surface area contributed by atoms with E-state index >= 15 is 0 Å². The van der Waals surface area contributed by atoms with Gasteiger partial charge in [-0.15, -0.1) is 0 Å². The first-order chi connectivity index (χ1) is 17.2. The summed E-state index contributed by atoms with van der Waals surface area (Å²) in [5.74, 6) is 0.470. The Hall–Kier alpha value is -3.47. The molecule has 1 N–H and O–H groups in total. The predicted octanol–water partition coefficient (Wildman–Crippen LogP) is 2.18. The molecule has 1 aliphatic rings. The number of nitrogens with one attached hydrogen (secondary N) is 1. The molecule has 2 aromatic carbocycles. The van der Waals surface area contributed by atoms with Crippen LogP contribution in [0, 0.1) is 0 Å². The fraction of sp³-hybridized carbons (Fsp3) is 0.440. The number of fused-ring (bicyclic) bond motifs is 1. The summed E-state index contributed by atoms with van der Waals surface area (Å²) in [6, 6.07) is 11.1. The molecular weight excluding hydrogens is 486 g/mol. The average Bonchev–Trinajstić information content (AvgIpc) is 2.90. The molecule has 1 aliphatic heterocycles. The second-order valence-electron chi connectivity index (χ2n) is 8.15. The van der Waals surface area contributed by atoms with Crippen LogP contribution in [0.15, 0.2) is 42.5 Å². The van der Waals surface area contributed by atoms with E-state index < -0.39 is 28.5 Å². The maximum Gasteiger partial charge on any atom is 0.244 e. The Labute approximate surface area is 212 Å². The number of rotatable bonds is 11.